The number of carbonyl (C=O) groups excluding carboxylic acids is 3. The van der Waals surface area contributed by atoms with Gasteiger partial charge in [0, 0.05) is 30.1 Å². The highest BCUT2D eigenvalue weighted by molar-refractivity contribution is 7.91. The van der Waals surface area contributed by atoms with E-state index in [9.17, 15) is 22.8 Å². The minimum Gasteiger partial charge on any atom is -0.457 e. The molecule has 5 aliphatic rings. The molecule has 2 aromatic rings. The molecule has 0 spiro atoms. The van der Waals surface area contributed by atoms with Gasteiger partial charge in [-0.1, -0.05) is 48.7 Å². The van der Waals surface area contributed by atoms with Crippen LogP contribution in [-0.4, -0.2) is 66.7 Å². The largest absolute Gasteiger partial charge is 0.457 e. The molecule has 3 N–H and O–H groups in total. The lowest BCUT2D eigenvalue weighted by atomic mass is 9.92. The summed E-state index contributed by atoms with van der Waals surface area (Å²) in [4.78, 5) is 43.2. The van der Waals surface area contributed by atoms with Gasteiger partial charge in [-0.15, -0.1) is 0 Å². The molecule has 3 saturated carbocycles. The van der Waals surface area contributed by atoms with Gasteiger partial charge in [-0.3, -0.25) is 14.3 Å². The molecule has 7 rings (SSSR count). The highest BCUT2D eigenvalue weighted by Gasteiger charge is 2.60. The third kappa shape index (κ3) is 8.55. The molecule has 4 atom stereocenters. The number of ether oxygens (including phenoxy) is 2. The van der Waals surface area contributed by atoms with E-state index in [0.29, 0.717) is 55.2 Å². The summed E-state index contributed by atoms with van der Waals surface area (Å²) in [6.45, 7) is 0.539. The molecule has 0 saturated heterocycles. The summed E-state index contributed by atoms with van der Waals surface area (Å²) in [5, 5.41) is 6.42. The highest BCUT2D eigenvalue weighted by Crippen LogP contribution is 2.46. The van der Waals surface area contributed by atoms with Gasteiger partial charge in [0.15, 0.2) is 0 Å². The first-order chi connectivity index (χ1) is 24.6. The van der Waals surface area contributed by atoms with Crippen molar-refractivity contribution < 1.29 is 32.3 Å². The van der Waals surface area contributed by atoms with E-state index in [4.69, 9.17) is 21.1 Å². The molecule has 0 aromatic heterocycles. The Bertz CT molecular complexity index is 1780. The van der Waals surface area contributed by atoms with Crippen molar-refractivity contribution in [1.82, 2.24) is 20.3 Å². The molecule has 51 heavy (non-hydrogen) atoms. The van der Waals surface area contributed by atoms with E-state index in [0.717, 1.165) is 62.5 Å². The first kappa shape index (κ1) is 35.8. The number of sulfonamides is 1. The lowest BCUT2D eigenvalue weighted by molar-refractivity contribution is -0.137. The Kier molecular flexibility index (Phi) is 10.6. The summed E-state index contributed by atoms with van der Waals surface area (Å²) in [7, 11) is -3.75. The van der Waals surface area contributed by atoms with E-state index >= 15 is 0 Å². The zero-order valence-corrected chi connectivity index (χ0v) is 30.4. The molecule has 0 bridgehead atoms. The molecule has 0 radical (unpaired) electrons. The maximum Gasteiger partial charge on any atom is 0.408 e. The molecule has 3 fully saturated rings. The number of nitrogens with one attached hydrogen (secondary N) is 3. The molecule has 11 nitrogen and oxygen atoms in total. The quantitative estimate of drug-likeness (QED) is 0.298. The normalized spacial score (nSPS) is 27.8. The lowest BCUT2D eigenvalue weighted by Crippen LogP contribution is -2.58. The number of nitrogens with zero attached hydrogens (tertiary/aromatic N) is 1. The van der Waals surface area contributed by atoms with Crippen LogP contribution in [0.2, 0.25) is 5.02 Å². The van der Waals surface area contributed by atoms with Crippen LogP contribution in [0.1, 0.15) is 88.2 Å². The van der Waals surface area contributed by atoms with E-state index in [-0.39, 0.29) is 24.5 Å². The van der Waals surface area contributed by atoms with Crippen molar-refractivity contribution in [3.8, 4) is 11.5 Å². The fourth-order valence-corrected chi connectivity index (χ4v) is 9.22. The SMILES string of the molecule is O=C(N[C@H]1CCCCC/C=C\[C@H]2C[C@@]2(C(=O)NS(=O)(=O)C2CC2)NCC2Cc3cc(Oc4cccc(Cl)c4)ccc3CN2C1=O)OC1CCCC1. The summed E-state index contributed by atoms with van der Waals surface area (Å²) >= 11 is 6.18. The second kappa shape index (κ2) is 15.2. The first-order valence-electron chi connectivity index (χ1n) is 18.4. The summed E-state index contributed by atoms with van der Waals surface area (Å²) in [5.41, 5.74) is 0.849. The van der Waals surface area contributed by atoms with Gasteiger partial charge in [0.1, 0.15) is 29.2 Å². The van der Waals surface area contributed by atoms with E-state index in [1.807, 2.05) is 36.4 Å². The predicted molar refractivity (Wildman–Crippen MR) is 193 cm³/mol. The molecular weight excluding hydrogens is 692 g/mol. The molecule has 274 valence electrons. The number of rotatable bonds is 7. The number of carbonyl (C=O) groups is 3. The number of halogens is 1. The lowest BCUT2D eigenvalue weighted by Gasteiger charge is -2.40. The summed E-state index contributed by atoms with van der Waals surface area (Å²) < 4.78 is 39.9. The summed E-state index contributed by atoms with van der Waals surface area (Å²) in [6, 6.07) is 11.8. The number of amides is 3. The van der Waals surface area contributed by atoms with Gasteiger partial charge in [0.05, 0.1) is 5.25 Å². The monoisotopic (exact) mass is 738 g/mol. The van der Waals surface area contributed by atoms with Crippen molar-refractivity contribution in [2.24, 2.45) is 5.92 Å². The van der Waals surface area contributed by atoms with Crippen molar-refractivity contribution in [3.63, 3.8) is 0 Å². The van der Waals surface area contributed by atoms with Gasteiger partial charge in [-0.05, 0) is 112 Å². The zero-order chi connectivity index (χ0) is 35.6. The van der Waals surface area contributed by atoms with E-state index in [2.05, 4.69) is 21.4 Å². The first-order valence-corrected chi connectivity index (χ1v) is 20.3. The molecule has 2 heterocycles. The predicted octanol–water partition coefficient (Wildman–Crippen LogP) is 5.90. The Labute approximate surface area is 304 Å². The fraction of sp³-hybridized carbons (Fsp3) is 0.553. The van der Waals surface area contributed by atoms with Gasteiger partial charge in [0.25, 0.3) is 5.91 Å². The van der Waals surface area contributed by atoms with Gasteiger partial charge >= 0.3 is 6.09 Å². The molecule has 2 aliphatic heterocycles. The molecular formula is C38H47ClN4O7S. The molecule has 2 aromatic carbocycles. The number of benzene rings is 2. The van der Waals surface area contributed by atoms with Crippen LogP contribution < -0.4 is 20.1 Å². The molecule has 3 amide bonds. The Hall–Kier alpha value is -3.61. The second-order valence-corrected chi connectivity index (χ2v) is 17.1. The van der Waals surface area contributed by atoms with Crippen molar-refractivity contribution in [3.05, 3.63) is 70.8 Å². The van der Waals surface area contributed by atoms with Crippen LogP contribution in [-0.2, 0) is 37.3 Å². The smallest absolute Gasteiger partial charge is 0.408 e. The zero-order valence-electron chi connectivity index (χ0n) is 28.8. The van der Waals surface area contributed by atoms with Crippen LogP contribution in [0.4, 0.5) is 4.79 Å². The minimum absolute atomic E-state index is 0.131. The minimum atomic E-state index is -3.75. The van der Waals surface area contributed by atoms with Gasteiger partial charge in [-0.25, -0.2) is 13.2 Å². The van der Waals surface area contributed by atoms with Crippen LogP contribution in [0.15, 0.2) is 54.6 Å². The average Bonchev–Trinajstić information content (AvgIpc) is 4.02. The van der Waals surface area contributed by atoms with Crippen molar-refractivity contribution >= 4 is 39.5 Å². The second-order valence-electron chi connectivity index (χ2n) is 14.7. The fourth-order valence-electron chi connectivity index (χ4n) is 7.68. The Morgan fingerprint density at radius 1 is 0.941 bits per heavy atom. The Balaban J connectivity index is 1.16. The van der Waals surface area contributed by atoms with E-state index < -0.39 is 44.9 Å². The van der Waals surface area contributed by atoms with E-state index in [1.54, 1.807) is 17.0 Å². The molecule has 3 aliphatic carbocycles. The van der Waals surface area contributed by atoms with Crippen molar-refractivity contribution in [2.75, 3.05) is 6.54 Å². The highest BCUT2D eigenvalue weighted by atomic mass is 35.5. The van der Waals surface area contributed by atoms with Crippen molar-refractivity contribution in [1.29, 1.82) is 0 Å². The summed E-state index contributed by atoms with van der Waals surface area (Å²) in [5.74, 6) is 0.309. The van der Waals surface area contributed by atoms with Crippen LogP contribution in [0.25, 0.3) is 0 Å². The van der Waals surface area contributed by atoms with Gasteiger partial charge in [0.2, 0.25) is 15.9 Å². The van der Waals surface area contributed by atoms with Crippen LogP contribution in [0.5, 0.6) is 11.5 Å². The Morgan fingerprint density at radius 2 is 1.73 bits per heavy atom. The van der Waals surface area contributed by atoms with Crippen LogP contribution in [0.3, 0.4) is 0 Å². The number of hydrogen-bond acceptors (Lipinski definition) is 8. The topological polar surface area (TPSA) is 143 Å². The number of hydrogen-bond donors (Lipinski definition) is 3. The maximum absolute atomic E-state index is 14.5. The van der Waals surface area contributed by atoms with Crippen LogP contribution >= 0.6 is 11.6 Å². The molecule has 13 heteroatoms. The average molecular weight is 739 g/mol. The summed E-state index contributed by atoms with van der Waals surface area (Å²) in [6.07, 6.45) is 12.9. The number of alkyl carbamates (subject to hydrolysis) is 1. The standard InChI is InChI=1S/C38H47ClN4O7S/c39-28-10-8-13-31(21-28)49-32-16-15-25-24-43-29(19-26(25)20-32)23-40-38(36(45)42-51(47,48)33-17-18-33)22-27(38)9-4-2-1-3-5-14-34(35(43)44)41-37(46)50-30-11-6-7-12-30/h4,8-10,13,15-16,20-21,27,29-30,33-34,40H,1-3,5-7,11-12,14,17-19,22-24H2,(H,41,46)(H,42,45)/b9-4-/t27-,29?,34-,38+/m0/s1. The number of allylic oxidation sites excluding steroid dienone is 1. The number of fused-ring (bicyclic) bond motifs is 3. The third-order valence-electron chi connectivity index (χ3n) is 10.9. The Morgan fingerprint density at radius 3 is 2.51 bits per heavy atom. The van der Waals surface area contributed by atoms with Crippen molar-refractivity contribution in [2.45, 2.75) is 119 Å². The maximum atomic E-state index is 14.5. The third-order valence-corrected chi connectivity index (χ3v) is 13.0. The van der Waals surface area contributed by atoms with Crippen LogP contribution in [0, 0.1) is 5.92 Å². The van der Waals surface area contributed by atoms with Gasteiger partial charge < -0.3 is 25.0 Å². The van der Waals surface area contributed by atoms with Gasteiger partial charge in [-0.2, -0.15) is 0 Å². The molecule has 1 unspecified atom stereocenters. The van der Waals surface area contributed by atoms with E-state index in [1.165, 1.54) is 0 Å².